The van der Waals surface area contributed by atoms with E-state index in [2.05, 4.69) is 29.7 Å². The van der Waals surface area contributed by atoms with Crippen molar-refractivity contribution >= 4 is 0 Å². The van der Waals surface area contributed by atoms with Gasteiger partial charge in [0.1, 0.15) is 0 Å². The number of hydrogen-bond donors (Lipinski definition) is 0. The van der Waals surface area contributed by atoms with Gasteiger partial charge in [0, 0.05) is 26.2 Å². The summed E-state index contributed by atoms with van der Waals surface area (Å²) in [5, 5.41) is 9.14. The molecule has 1 heterocycles. The van der Waals surface area contributed by atoms with Crippen molar-refractivity contribution in [1.29, 1.82) is 5.26 Å². The number of piperazine rings is 1. The van der Waals surface area contributed by atoms with Crippen LogP contribution >= 0.6 is 0 Å². The Labute approximate surface area is 106 Å². The van der Waals surface area contributed by atoms with Gasteiger partial charge in [0.05, 0.1) is 12.1 Å². The predicted octanol–water partition coefficient (Wildman–Crippen LogP) is 2.49. The molecule has 0 N–H and O–H groups in total. The molecule has 1 rings (SSSR count). The van der Waals surface area contributed by atoms with Gasteiger partial charge in [-0.2, -0.15) is 5.26 Å². The minimum absolute atomic E-state index is 0.151. The van der Waals surface area contributed by atoms with Crippen molar-refractivity contribution in [3.05, 3.63) is 0 Å². The number of nitriles is 1. The Morgan fingerprint density at radius 2 is 1.76 bits per heavy atom. The van der Waals surface area contributed by atoms with Gasteiger partial charge >= 0.3 is 0 Å². The zero-order valence-electron chi connectivity index (χ0n) is 11.5. The zero-order valence-corrected chi connectivity index (χ0v) is 11.5. The summed E-state index contributed by atoms with van der Waals surface area (Å²) in [6.45, 7) is 10.1. The molecule has 1 unspecified atom stereocenters. The van der Waals surface area contributed by atoms with E-state index >= 15 is 0 Å². The van der Waals surface area contributed by atoms with Gasteiger partial charge in [-0.15, -0.1) is 0 Å². The summed E-state index contributed by atoms with van der Waals surface area (Å²) in [7, 11) is 0. The molecule has 3 heteroatoms. The highest BCUT2D eigenvalue weighted by Gasteiger charge is 2.22. The lowest BCUT2D eigenvalue weighted by molar-refractivity contribution is 0.109. The smallest absolute Gasteiger partial charge is 0.0978 e. The molecule has 0 amide bonds. The highest BCUT2D eigenvalue weighted by atomic mass is 15.3. The van der Waals surface area contributed by atoms with Crippen molar-refractivity contribution in [2.45, 2.75) is 52.0 Å². The van der Waals surface area contributed by atoms with Gasteiger partial charge in [0.15, 0.2) is 0 Å². The number of rotatable bonds is 7. The van der Waals surface area contributed by atoms with Gasteiger partial charge < -0.3 is 4.90 Å². The summed E-state index contributed by atoms with van der Waals surface area (Å²) >= 11 is 0. The maximum atomic E-state index is 9.14. The van der Waals surface area contributed by atoms with Crippen LogP contribution in [0.5, 0.6) is 0 Å². The summed E-state index contributed by atoms with van der Waals surface area (Å²) in [4.78, 5) is 4.91. The Kier molecular flexibility index (Phi) is 7.23. The monoisotopic (exact) mass is 237 g/mol. The first-order valence-electron chi connectivity index (χ1n) is 7.17. The van der Waals surface area contributed by atoms with Crippen molar-refractivity contribution in [2.75, 3.05) is 32.7 Å². The number of unbranched alkanes of at least 4 members (excludes halogenated alkanes) is 2. The average molecular weight is 237 g/mol. The molecule has 1 aliphatic rings. The van der Waals surface area contributed by atoms with E-state index in [-0.39, 0.29) is 6.04 Å². The predicted molar refractivity (Wildman–Crippen MR) is 71.8 cm³/mol. The van der Waals surface area contributed by atoms with E-state index in [1.165, 1.54) is 25.8 Å². The first-order chi connectivity index (χ1) is 8.31. The summed E-state index contributed by atoms with van der Waals surface area (Å²) in [6, 6.07) is 2.60. The van der Waals surface area contributed by atoms with Gasteiger partial charge in [-0.05, 0) is 19.4 Å². The first-order valence-corrected chi connectivity index (χ1v) is 7.17. The van der Waals surface area contributed by atoms with Crippen LogP contribution in [0.2, 0.25) is 0 Å². The Morgan fingerprint density at radius 3 is 2.29 bits per heavy atom. The summed E-state index contributed by atoms with van der Waals surface area (Å²) < 4.78 is 0. The van der Waals surface area contributed by atoms with Crippen molar-refractivity contribution in [1.82, 2.24) is 9.80 Å². The molecule has 1 fully saturated rings. The molecule has 0 aromatic heterocycles. The largest absolute Gasteiger partial charge is 0.301 e. The Bertz CT molecular complexity index is 226. The van der Waals surface area contributed by atoms with E-state index in [1.54, 1.807) is 0 Å². The van der Waals surface area contributed by atoms with Crippen LogP contribution in [0.4, 0.5) is 0 Å². The minimum atomic E-state index is 0.151. The third-order valence-corrected chi connectivity index (χ3v) is 3.64. The van der Waals surface area contributed by atoms with Crippen molar-refractivity contribution in [2.24, 2.45) is 0 Å². The molecule has 1 saturated heterocycles. The zero-order chi connectivity index (χ0) is 12.5. The fourth-order valence-electron chi connectivity index (χ4n) is 2.49. The van der Waals surface area contributed by atoms with Gasteiger partial charge in [0.2, 0.25) is 0 Å². The van der Waals surface area contributed by atoms with Crippen LogP contribution in [0, 0.1) is 11.3 Å². The second-order valence-corrected chi connectivity index (χ2v) is 5.02. The van der Waals surface area contributed by atoms with Crippen molar-refractivity contribution in [3.63, 3.8) is 0 Å². The molecule has 0 aromatic carbocycles. The van der Waals surface area contributed by atoms with Gasteiger partial charge in [0.25, 0.3) is 0 Å². The molecular weight excluding hydrogens is 210 g/mol. The maximum Gasteiger partial charge on any atom is 0.0978 e. The lowest BCUT2D eigenvalue weighted by Gasteiger charge is -2.36. The molecule has 0 bridgehead atoms. The molecule has 0 aliphatic carbocycles. The molecule has 0 saturated carbocycles. The minimum Gasteiger partial charge on any atom is -0.301 e. The van der Waals surface area contributed by atoms with Gasteiger partial charge in [-0.1, -0.05) is 33.1 Å². The highest BCUT2D eigenvalue weighted by molar-refractivity contribution is 4.93. The third-order valence-electron chi connectivity index (χ3n) is 3.64. The quantitative estimate of drug-likeness (QED) is 0.637. The normalized spacial score (nSPS) is 20.1. The molecule has 3 nitrogen and oxygen atoms in total. The second kappa shape index (κ2) is 8.49. The van der Waals surface area contributed by atoms with Gasteiger partial charge in [-0.25, -0.2) is 0 Å². The van der Waals surface area contributed by atoms with Crippen LogP contribution in [-0.4, -0.2) is 48.6 Å². The van der Waals surface area contributed by atoms with Crippen LogP contribution in [0.15, 0.2) is 0 Å². The highest BCUT2D eigenvalue weighted by Crippen LogP contribution is 2.11. The summed E-state index contributed by atoms with van der Waals surface area (Å²) in [6.07, 6.45) is 6.10. The molecular formula is C14H27N3. The molecule has 0 radical (unpaired) electrons. The molecule has 98 valence electrons. The van der Waals surface area contributed by atoms with E-state index in [4.69, 9.17) is 5.26 Å². The molecule has 17 heavy (non-hydrogen) atoms. The van der Waals surface area contributed by atoms with Crippen LogP contribution in [0.25, 0.3) is 0 Å². The molecule has 1 aliphatic heterocycles. The summed E-state index contributed by atoms with van der Waals surface area (Å²) in [5.74, 6) is 0. The fraction of sp³-hybridized carbons (Fsp3) is 0.929. The number of hydrogen-bond acceptors (Lipinski definition) is 3. The van der Waals surface area contributed by atoms with Crippen LogP contribution in [0.1, 0.15) is 46.0 Å². The van der Waals surface area contributed by atoms with Crippen LogP contribution in [0.3, 0.4) is 0 Å². The fourth-order valence-corrected chi connectivity index (χ4v) is 2.49. The lowest BCUT2D eigenvalue weighted by atomic mass is 10.1. The number of nitrogens with zero attached hydrogens (tertiary/aromatic N) is 3. The lowest BCUT2D eigenvalue weighted by Crippen LogP contribution is -2.50. The average Bonchev–Trinajstić information content (AvgIpc) is 2.37. The standard InChI is InChI=1S/C14H27N3/c1-3-5-6-8-16-9-11-17(12-10-16)14(13-15)7-4-2/h14H,3-12H2,1-2H3. The van der Waals surface area contributed by atoms with Crippen LogP contribution in [-0.2, 0) is 0 Å². The first kappa shape index (κ1) is 14.5. The van der Waals surface area contributed by atoms with Crippen molar-refractivity contribution < 1.29 is 0 Å². The molecule has 0 aromatic rings. The van der Waals surface area contributed by atoms with Gasteiger partial charge in [-0.3, -0.25) is 4.90 Å². The Balaban J connectivity index is 2.23. The van der Waals surface area contributed by atoms with E-state index in [0.29, 0.717) is 0 Å². The Morgan fingerprint density at radius 1 is 1.06 bits per heavy atom. The SMILES string of the molecule is CCCCCN1CCN(C(C#N)CCC)CC1. The second-order valence-electron chi connectivity index (χ2n) is 5.02. The Hall–Kier alpha value is -0.590. The van der Waals surface area contributed by atoms with Crippen LogP contribution < -0.4 is 0 Å². The van der Waals surface area contributed by atoms with E-state index < -0.39 is 0 Å². The van der Waals surface area contributed by atoms with E-state index in [1.807, 2.05) is 0 Å². The van der Waals surface area contributed by atoms with E-state index in [9.17, 15) is 0 Å². The molecule has 0 spiro atoms. The maximum absolute atomic E-state index is 9.14. The van der Waals surface area contributed by atoms with Crippen molar-refractivity contribution in [3.8, 4) is 6.07 Å². The topological polar surface area (TPSA) is 30.3 Å². The summed E-state index contributed by atoms with van der Waals surface area (Å²) in [5.41, 5.74) is 0. The van der Waals surface area contributed by atoms with E-state index in [0.717, 1.165) is 39.0 Å². The molecule has 1 atom stereocenters. The third kappa shape index (κ3) is 5.06.